The standard InChI is InChI=1S/C32H25FO2/c33-30-13-17-32(18-14-30)35-20-19-34-31-15-11-26(12-16-31)29-22-27(24-7-3-1-4-8-24)21-28(23-29)25-9-5-2-6-10-25/h1-18,21-23H,19-20H2. The van der Waals surface area contributed by atoms with Crippen LogP contribution in [0.4, 0.5) is 4.39 Å². The van der Waals surface area contributed by atoms with Crippen LogP contribution in [0.5, 0.6) is 11.5 Å². The first kappa shape index (κ1) is 22.4. The first-order valence-corrected chi connectivity index (χ1v) is 11.6. The van der Waals surface area contributed by atoms with Crippen molar-refractivity contribution in [2.75, 3.05) is 13.2 Å². The molecule has 172 valence electrons. The predicted octanol–water partition coefficient (Wildman–Crippen LogP) is 8.28. The van der Waals surface area contributed by atoms with Gasteiger partial charge in [-0.1, -0.05) is 72.8 Å². The van der Waals surface area contributed by atoms with Crippen LogP contribution in [0.3, 0.4) is 0 Å². The molecule has 5 aromatic rings. The lowest BCUT2D eigenvalue weighted by atomic mass is 9.93. The number of hydrogen-bond donors (Lipinski definition) is 0. The van der Waals surface area contributed by atoms with Crippen molar-refractivity contribution in [2.24, 2.45) is 0 Å². The van der Waals surface area contributed by atoms with Crippen molar-refractivity contribution in [3.05, 3.63) is 133 Å². The molecule has 0 heterocycles. The van der Waals surface area contributed by atoms with E-state index in [1.807, 2.05) is 24.3 Å². The van der Waals surface area contributed by atoms with Crippen LogP contribution in [0.2, 0.25) is 0 Å². The van der Waals surface area contributed by atoms with E-state index in [-0.39, 0.29) is 5.82 Å². The van der Waals surface area contributed by atoms with Crippen molar-refractivity contribution in [1.29, 1.82) is 0 Å². The summed E-state index contributed by atoms with van der Waals surface area (Å²) in [5.41, 5.74) is 7.01. The van der Waals surface area contributed by atoms with E-state index in [9.17, 15) is 4.39 Å². The molecule has 0 bridgehead atoms. The Balaban J connectivity index is 1.32. The van der Waals surface area contributed by atoms with E-state index < -0.39 is 0 Å². The Morgan fingerprint density at radius 3 is 1.20 bits per heavy atom. The fourth-order valence-electron chi connectivity index (χ4n) is 3.98. The Bertz CT molecular complexity index is 1310. The molecule has 3 heteroatoms. The fourth-order valence-corrected chi connectivity index (χ4v) is 3.98. The number of ether oxygens (including phenoxy) is 2. The summed E-state index contributed by atoms with van der Waals surface area (Å²) in [5, 5.41) is 0. The Kier molecular flexibility index (Phi) is 6.86. The summed E-state index contributed by atoms with van der Waals surface area (Å²) in [6, 6.07) is 41.7. The van der Waals surface area contributed by atoms with Gasteiger partial charge < -0.3 is 9.47 Å². The maximum Gasteiger partial charge on any atom is 0.123 e. The van der Waals surface area contributed by atoms with Gasteiger partial charge in [-0.25, -0.2) is 4.39 Å². The number of halogens is 1. The summed E-state index contributed by atoms with van der Waals surface area (Å²) in [6.45, 7) is 0.783. The molecule has 5 aromatic carbocycles. The molecule has 0 aromatic heterocycles. The molecular formula is C32H25FO2. The second-order valence-corrected chi connectivity index (χ2v) is 8.21. The van der Waals surface area contributed by atoms with E-state index in [1.165, 1.54) is 34.4 Å². The van der Waals surface area contributed by atoms with Crippen LogP contribution in [0.15, 0.2) is 127 Å². The van der Waals surface area contributed by atoms with Crippen LogP contribution in [0.1, 0.15) is 0 Å². The third kappa shape index (κ3) is 5.77. The smallest absolute Gasteiger partial charge is 0.123 e. The van der Waals surface area contributed by atoms with Crippen molar-refractivity contribution in [3.63, 3.8) is 0 Å². The Morgan fingerprint density at radius 1 is 0.400 bits per heavy atom. The summed E-state index contributed by atoms with van der Waals surface area (Å²) in [6.07, 6.45) is 0. The molecule has 5 rings (SSSR count). The average molecular weight is 461 g/mol. The van der Waals surface area contributed by atoms with Crippen LogP contribution < -0.4 is 9.47 Å². The zero-order valence-corrected chi connectivity index (χ0v) is 19.2. The first-order chi connectivity index (χ1) is 17.2. The summed E-state index contributed by atoms with van der Waals surface area (Å²) in [4.78, 5) is 0. The Labute approximate surface area is 205 Å². The number of benzene rings is 5. The monoisotopic (exact) mass is 460 g/mol. The third-order valence-electron chi connectivity index (χ3n) is 5.77. The predicted molar refractivity (Wildman–Crippen MR) is 140 cm³/mol. The molecule has 2 nitrogen and oxygen atoms in total. The van der Waals surface area contributed by atoms with E-state index >= 15 is 0 Å². The molecule has 0 aliphatic heterocycles. The second kappa shape index (κ2) is 10.7. The van der Waals surface area contributed by atoms with Gasteiger partial charge in [0.2, 0.25) is 0 Å². The van der Waals surface area contributed by atoms with Gasteiger partial charge in [0.05, 0.1) is 0 Å². The molecule has 0 spiro atoms. The van der Waals surface area contributed by atoms with Crippen LogP contribution in [-0.2, 0) is 0 Å². The molecule has 0 N–H and O–H groups in total. The third-order valence-corrected chi connectivity index (χ3v) is 5.77. The average Bonchev–Trinajstić information content (AvgIpc) is 2.93. The summed E-state index contributed by atoms with van der Waals surface area (Å²) in [5.74, 6) is 1.12. The molecule has 0 amide bonds. The van der Waals surface area contributed by atoms with E-state index in [0.29, 0.717) is 19.0 Å². The minimum absolute atomic E-state index is 0.279. The van der Waals surface area contributed by atoms with Gasteiger partial charge in [0.25, 0.3) is 0 Å². The summed E-state index contributed by atoms with van der Waals surface area (Å²) >= 11 is 0. The lowest BCUT2D eigenvalue weighted by Crippen LogP contribution is -2.08. The van der Waals surface area contributed by atoms with Gasteiger partial charge in [-0.3, -0.25) is 0 Å². The topological polar surface area (TPSA) is 18.5 Å². The number of rotatable bonds is 8. The molecule has 0 aliphatic carbocycles. The van der Waals surface area contributed by atoms with E-state index in [1.54, 1.807) is 12.1 Å². The van der Waals surface area contributed by atoms with Crippen molar-refractivity contribution >= 4 is 0 Å². The molecule has 0 aliphatic rings. The normalized spacial score (nSPS) is 10.7. The lowest BCUT2D eigenvalue weighted by molar-refractivity contribution is 0.217. The molecule has 0 saturated heterocycles. The van der Waals surface area contributed by atoms with Crippen LogP contribution in [0.25, 0.3) is 33.4 Å². The highest BCUT2D eigenvalue weighted by atomic mass is 19.1. The van der Waals surface area contributed by atoms with E-state index in [0.717, 1.165) is 16.9 Å². The highest BCUT2D eigenvalue weighted by Gasteiger charge is 2.08. The Morgan fingerprint density at radius 2 is 0.771 bits per heavy atom. The minimum Gasteiger partial charge on any atom is -0.490 e. The lowest BCUT2D eigenvalue weighted by Gasteiger charge is -2.12. The largest absolute Gasteiger partial charge is 0.490 e. The van der Waals surface area contributed by atoms with Gasteiger partial charge in [-0.15, -0.1) is 0 Å². The number of hydrogen-bond acceptors (Lipinski definition) is 2. The summed E-state index contributed by atoms with van der Waals surface area (Å²) < 4.78 is 24.4. The highest BCUT2D eigenvalue weighted by molar-refractivity contribution is 5.81. The summed E-state index contributed by atoms with van der Waals surface area (Å²) in [7, 11) is 0. The molecule has 0 unspecified atom stereocenters. The molecule has 0 saturated carbocycles. The van der Waals surface area contributed by atoms with Crippen LogP contribution in [0, 0.1) is 5.82 Å². The van der Waals surface area contributed by atoms with Crippen LogP contribution >= 0.6 is 0 Å². The SMILES string of the molecule is Fc1ccc(OCCOc2ccc(-c3cc(-c4ccccc4)cc(-c4ccccc4)c3)cc2)cc1. The van der Waals surface area contributed by atoms with Crippen molar-refractivity contribution in [2.45, 2.75) is 0 Å². The molecule has 0 radical (unpaired) electrons. The van der Waals surface area contributed by atoms with Gasteiger partial charge in [0.15, 0.2) is 0 Å². The van der Waals surface area contributed by atoms with Gasteiger partial charge in [-0.05, 0) is 88.0 Å². The quantitative estimate of drug-likeness (QED) is 0.217. The molecular weight excluding hydrogens is 435 g/mol. The highest BCUT2D eigenvalue weighted by Crippen LogP contribution is 2.33. The van der Waals surface area contributed by atoms with E-state index in [4.69, 9.17) is 9.47 Å². The zero-order valence-electron chi connectivity index (χ0n) is 19.2. The fraction of sp³-hybridized carbons (Fsp3) is 0.0625. The maximum absolute atomic E-state index is 13.0. The Hall–Kier alpha value is -4.37. The van der Waals surface area contributed by atoms with Crippen molar-refractivity contribution < 1.29 is 13.9 Å². The van der Waals surface area contributed by atoms with Gasteiger partial charge in [-0.2, -0.15) is 0 Å². The molecule has 35 heavy (non-hydrogen) atoms. The zero-order chi connectivity index (χ0) is 23.9. The molecule has 0 fully saturated rings. The van der Waals surface area contributed by atoms with Gasteiger partial charge in [0.1, 0.15) is 30.5 Å². The van der Waals surface area contributed by atoms with Crippen molar-refractivity contribution in [3.8, 4) is 44.9 Å². The van der Waals surface area contributed by atoms with Crippen LogP contribution in [-0.4, -0.2) is 13.2 Å². The second-order valence-electron chi connectivity index (χ2n) is 8.21. The maximum atomic E-state index is 13.0. The molecule has 0 atom stereocenters. The first-order valence-electron chi connectivity index (χ1n) is 11.6. The van der Waals surface area contributed by atoms with Gasteiger partial charge >= 0.3 is 0 Å². The van der Waals surface area contributed by atoms with Crippen molar-refractivity contribution in [1.82, 2.24) is 0 Å². The van der Waals surface area contributed by atoms with E-state index in [2.05, 4.69) is 78.9 Å². The minimum atomic E-state index is -0.279. The van der Waals surface area contributed by atoms with Gasteiger partial charge in [0, 0.05) is 0 Å².